The van der Waals surface area contributed by atoms with Gasteiger partial charge in [-0.3, -0.25) is 19.7 Å². The number of hydrogen-bond acceptors (Lipinski definition) is 4. The summed E-state index contributed by atoms with van der Waals surface area (Å²) in [4.78, 5) is 42.4. The van der Waals surface area contributed by atoms with Gasteiger partial charge in [-0.25, -0.2) is 4.90 Å². The largest absolute Gasteiger partial charge is 0.362 e. The fourth-order valence-electron chi connectivity index (χ4n) is 5.77. The fourth-order valence-corrected chi connectivity index (χ4v) is 5.77. The van der Waals surface area contributed by atoms with Gasteiger partial charge in [-0.05, 0) is 43.4 Å². The number of aromatic amines is 1. The molecule has 1 saturated heterocycles. The first kappa shape index (κ1) is 18.1. The highest BCUT2D eigenvalue weighted by molar-refractivity contribution is 6.24. The zero-order chi connectivity index (χ0) is 20.3. The molecule has 2 amide bonds. The monoisotopic (exact) mass is 393 g/mol. The van der Waals surface area contributed by atoms with E-state index in [4.69, 9.17) is 0 Å². The summed E-state index contributed by atoms with van der Waals surface area (Å²) in [5.41, 5.74) is 3.25. The molecule has 1 aliphatic heterocycles. The summed E-state index contributed by atoms with van der Waals surface area (Å²) in [6, 6.07) is 7.83. The van der Waals surface area contributed by atoms with Gasteiger partial charge in [0.2, 0.25) is 11.8 Å². The van der Waals surface area contributed by atoms with Crippen molar-refractivity contribution in [1.29, 1.82) is 0 Å². The molecule has 7 heteroatoms. The number of fused-ring (bicyclic) bond motifs is 6. The minimum absolute atomic E-state index is 0.122. The average Bonchev–Trinajstić information content (AvgIpc) is 3.07. The van der Waals surface area contributed by atoms with Gasteiger partial charge in [0, 0.05) is 29.4 Å². The molecule has 150 valence electrons. The third-order valence-corrected chi connectivity index (χ3v) is 6.90. The molecular formula is C22H23N3O4. The number of hydrogen-bond donors (Lipinski definition) is 1. The van der Waals surface area contributed by atoms with E-state index in [9.17, 15) is 19.7 Å². The molecule has 29 heavy (non-hydrogen) atoms. The minimum Gasteiger partial charge on any atom is -0.362 e. The molecule has 4 atom stereocenters. The van der Waals surface area contributed by atoms with Crippen LogP contribution in [0.25, 0.3) is 0 Å². The van der Waals surface area contributed by atoms with E-state index < -0.39 is 10.8 Å². The van der Waals surface area contributed by atoms with Crippen LogP contribution in [-0.4, -0.2) is 21.7 Å². The van der Waals surface area contributed by atoms with Crippen molar-refractivity contribution in [2.75, 3.05) is 4.90 Å². The number of aromatic nitrogens is 1. The Bertz CT molecular complexity index is 1030. The lowest BCUT2D eigenvalue weighted by Crippen LogP contribution is -2.35. The van der Waals surface area contributed by atoms with Crippen LogP contribution >= 0.6 is 0 Å². The van der Waals surface area contributed by atoms with Crippen LogP contribution in [-0.2, 0) is 9.59 Å². The molecule has 1 saturated carbocycles. The Morgan fingerprint density at radius 2 is 1.90 bits per heavy atom. The lowest BCUT2D eigenvalue weighted by molar-refractivity contribution is -0.384. The third kappa shape index (κ3) is 2.63. The molecule has 0 bridgehead atoms. The van der Waals surface area contributed by atoms with Crippen molar-refractivity contribution in [1.82, 2.24) is 4.98 Å². The predicted molar refractivity (Wildman–Crippen MR) is 107 cm³/mol. The van der Waals surface area contributed by atoms with E-state index in [2.05, 4.69) is 4.98 Å². The summed E-state index contributed by atoms with van der Waals surface area (Å²) < 4.78 is 0. The van der Waals surface area contributed by atoms with E-state index >= 15 is 0 Å². The first-order valence-electron chi connectivity index (χ1n) is 10.3. The number of non-ortho nitro benzene ring substituents is 1. The van der Waals surface area contributed by atoms with Crippen molar-refractivity contribution in [3.63, 3.8) is 0 Å². The molecule has 1 aromatic heterocycles. The van der Waals surface area contributed by atoms with Gasteiger partial charge < -0.3 is 4.98 Å². The highest BCUT2D eigenvalue weighted by Gasteiger charge is 2.57. The van der Waals surface area contributed by atoms with Gasteiger partial charge in [0.25, 0.3) is 5.69 Å². The number of nitro benzene ring substituents is 1. The molecular weight excluding hydrogens is 370 g/mol. The smallest absolute Gasteiger partial charge is 0.271 e. The van der Waals surface area contributed by atoms with Crippen molar-refractivity contribution in [2.24, 2.45) is 11.8 Å². The first-order chi connectivity index (χ1) is 14.0. The molecule has 2 aromatic rings. The van der Waals surface area contributed by atoms with Gasteiger partial charge in [0.1, 0.15) is 0 Å². The summed E-state index contributed by atoms with van der Waals surface area (Å²) in [7, 11) is 0. The Kier molecular flexibility index (Phi) is 4.08. The van der Waals surface area contributed by atoms with Crippen molar-refractivity contribution < 1.29 is 14.5 Å². The Hall–Kier alpha value is -2.96. The number of nitrogens with one attached hydrogen (secondary N) is 1. The highest BCUT2D eigenvalue weighted by Crippen LogP contribution is 2.55. The van der Waals surface area contributed by atoms with E-state index in [1.165, 1.54) is 23.1 Å². The lowest BCUT2D eigenvalue weighted by Gasteiger charge is -2.36. The maximum atomic E-state index is 13.5. The van der Waals surface area contributed by atoms with Gasteiger partial charge in [-0.1, -0.05) is 25.3 Å². The summed E-state index contributed by atoms with van der Waals surface area (Å²) in [5, 5.41) is 11.2. The van der Waals surface area contributed by atoms with Crippen LogP contribution in [0.15, 0.2) is 30.3 Å². The number of nitro groups is 1. The fraction of sp³-hybridized carbons (Fsp3) is 0.455. The van der Waals surface area contributed by atoms with Gasteiger partial charge >= 0.3 is 0 Å². The lowest BCUT2D eigenvalue weighted by atomic mass is 9.65. The second-order valence-corrected chi connectivity index (χ2v) is 8.52. The predicted octanol–water partition coefficient (Wildman–Crippen LogP) is 4.18. The van der Waals surface area contributed by atoms with E-state index in [0.29, 0.717) is 5.69 Å². The molecule has 0 spiro atoms. The molecule has 5 rings (SSSR count). The Morgan fingerprint density at radius 1 is 1.10 bits per heavy atom. The van der Waals surface area contributed by atoms with E-state index in [1.807, 2.05) is 13.0 Å². The Morgan fingerprint density at radius 3 is 2.69 bits per heavy atom. The van der Waals surface area contributed by atoms with E-state index in [0.717, 1.165) is 49.1 Å². The zero-order valence-electron chi connectivity index (χ0n) is 16.3. The number of carbonyl (C=O) groups is 2. The first-order valence-corrected chi connectivity index (χ1v) is 10.3. The van der Waals surface area contributed by atoms with Crippen molar-refractivity contribution in [2.45, 2.75) is 50.9 Å². The number of imide groups is 1. The van der Waals surface area contributed by atoms with Crippen molar-refractivity contribution >= 4 is 23.2 Å². The average molecular weight is 393 g/mol. The molecule has 2 heterocycles. The van der Waals surface area contributed by atoms with E-state index in [-0.39, 0.29) is 35.3 Å². The molecule has 2 fully saturated rings. The summed E-state index contributed by atoms with van der Waals surface area (Å²) in [6.45, 7) is 1.98. The quantitative estimate of drug-likeness (QED) is 0.470. The number of benzene rings is 1. The molecule has 0 radical (unpaired) electrons. The van der Waals surface area contributed by atoms with Gasteiger partial charge in [0.15, 0.2) is 0 Å². The number of rotatable bonds is 2. The summed E-state index contributed by atoms with van der Waals surface area (Å²) in [5.74, 6) is -0.948. The number of aryl methyl sites for hydroxylation is 1. The van der Waals surface area contributed by atoms with Crippen LogP contribution in [0.5, 0.6) is 0 Å². The summed E-state index contributed by atoms with van der Waals surface area (Å²) >= 11 is 0. The molecule has 7 nitrogen and oxygen atoms in total. The van der Waals surface area contributed by atoms with E-state index in [1.54, 1.807) is 6.07 Å². The minimum atomic E-state index is -0.503. The maximum Gasteiger partial charge on any atom is 0.271 e. The number of anilines is 1. The third-order valence-electron chi connectivity index (χ3n) is 6.90. The van der Waals surface area contributed by atoms with Gasteiger partial charge in [-0.2, -0.15) is 0 Å². The zero-order valence-corrected chi connectivity index (χ0v) is 16.3. The van der Waals surface area contributed by atoms with Crippen LogP contribution in [0.4, 0.5) is 11.4 Å². The Balaban J connectivity index is 1.63. The second kappa shape index (κ2) is 6.54. The number of carbonyl (C=O) groups excluding carboxylic acids is 2. The normalized spacial score (nSPS) is 28.5. The van der Waals surface area contributed by atoms with Crippen molar-refractivity contribution in [3.8, 4) is 0 Å². The number of nitrogens with zero attached hydrogens (tertiary/aromatic N) is 2. The second-order valence-electron chi connectivity index (χ2n) is 8.52. The molecule has 2 unspecified atom stereocenters. The van der Waals surface area contributed by atoms with Gasteiger partial charge in [-0.15, -0.1) is 0 Å². The molecule has 1 aromatic carbocycles. The van der Waals surface area contributed by atoms with Crippen LogP contribution in [0, 0.1) is 28.9 Å². The highest BCUT2D eigenvalue weighted by atomic mass is 16.6. The SMILES string of the molecule is Cc1cc2c([nH]1)C1CCCCCC1[C@@H]1C(=O)N(c3cccc([N+](=O)[O-])c3)C(=O)[C@H]21. The number of amides is 2. The Labute approximate surface area is 168 Å². The molecule has 1 N–H and O–H groups in total. The topological polar surface area (TPSA) is 96.3 Å². The molecule has 2 aliphatic carbocycles. The van der Waals surface area contributed by atoms with Crippen molar-refractivity contribution in [3.05, 3.63) is 57.4 Å². The van der Waals surface area contributed by atoms with Crippen LogP contribution in [0.2, 0.25) is 0 Å². The van der Waals surface area contributed by atoms with Crippen LogP contribution in [0.3, 0.4) is 0 Å². The van der Waals surface area contributed by atoms with Crippen LogP contribution < -0.4 is 4.90 Å². The molecule has 3 aliphatic rings. The maximum absolute atomic E-state index is 13.5. The number of H-pyrrole nitrogens is 1. The van der Waals surface area contributed by atoms with Gasteiger partial charge in [0.05, 0.1) is 22.4 Å². The van der Waals surface area contributed by atoms with Crippen LogP contribution in [0.1, 0.15) is 60.9 Å². The summed E-state index contributed by atoms with van der Waals surface area (Å²) in [6.07, 6.45) is 5.31. The standard InChI is InChI=1S/C22H23N3O4/c1-12-10-17-19-18(15-8-3-2-4-9-16(15)20(17)23-12)21(26)24(22(19)27)13-6-5-7-14(11-13)25(28)29/h5-7,10-11,15-16,18-19,23H,2-4,8-9H2,1H3/t15?,16?,18-,19+/m0/s1.